The Kier molecular flexibility index (Phi) is 3.02. The Hall–Kier alpha value is -2.56. The quantitative estimate of drug-likeness (QED) is 0.768. The van der Waals surface area contributed by atoms with Crippen molar-refractivity contribution in [3.05, 3.63) is 53.5 Å². The van der Waals surface area contributed by atoms with Crippen molar-refractivity contribution in [1.29, 1.82) is 0 Å². The molecular formula is C15H15N3O2. The van der Waals surface area contributed by atoms with Crippen LogP contribution in [0.4, 0.5) is 0 Å². The predicted octanol–water partition coefficient (Wildman–Crippen LogP) is 2.96. The second kappa shape index (κ2) is 4.85. The lowest BCUT2D eigenvalue weighted by Gasteiger charge is -2.10. The number of hydrogen-bond acceptors (Lipinski definition) is 3. The number of furan rings is 1. The van der Waals surface area contributed by atoms with Crippen LogP contribution in [-0.2, 0) is 0 Å². The molecule has 2 heterocycles. The number of nitrogens with one attached hydrogen (secondary N) is 2. The molecule has 2 aromatic heterocycles. The molecule has 0 saturated heterocycles. The maximum atomic E-state index is 12.3. The number of aromatic nitrogens is 2. The van der Waals surface area contributed by atoms with Crippen LogP contribution in [-0.4, -0.2) is 16.1 Å². The molecule has 1 aromatic carbocycles. The van der Waals surface area contributed by atoms with E-state index in [1.165, 1.54) is 0 Å². The Morgan fingerprint density at radius 2 is 2.20 bits per heavy atom. The van der Waals surface area contributed by atoms with E-state index in [2.05, 4.69) is 15.5 Å². The van der Waals surface area contributed by atoms with Gasteiger partial charge in [-0.1, -0.05) is 18.2 Å². The van der Waals surface area contributed by atoms with E-state index in [0.717, 1.165) is 22.1 Å². The number of carbonyl (C=O) groups excluding carboxylic acids is 1. The third-order valence-corrected chi connectivity index (χ3v) is 3.42. The van der Waals surface area contributed by atoms with Crippen LogP contribution in [0.2, 0.25) is 0 Å². The molecular weight excluding hydrogens is 254 g/mol. The first-order valence-corrected chi connectivity index (χ1v) is 6.44. The molecule has 3 rings (SSSR count). The maximum Gasteiger partial charge on any atom is 0.287 e. The molecule has 0 spiro atoms. The molecule has 0 aliphatic heterocycles. The molecule has 0 bridgehead atoms. The van der Waals surface area contributed by atoms with Gasteiger partial charge in [0, 0.05) is 22.7 Å². The molecule has 0 fully saturated rings. The summed E-state index contributed by atoms with van der Waals surface area (Å²) in [6, 6.07) is 7.50. The molecule has 1 unspecified atom stereocenters. The van der Waals surface area contributed by atoms with E-state index < -0.39 is 0 Å². The van der Waals surface area contributed by atoms with Crippen molar-refractivity contribution in [3.63, 3.8) is 0 Å². The molecule has 0 radical (unpaired) electrons. The van der Waals surface area contributed by atoms with E-state index in [9.17, 15) is 4.79 Å². The second-order valence-electron chi connectivity index (χ2n) is 4.78. The van der Waals surface area contributed by atoms with E-state index >= 15 is 0 Å². The molecule has 1 amide bonds. The third kappa shape index (κ3) is 2.07. The smallest absolute Gasteiger partial charge is 0.287 e. The van der Waals surface area contributed by atoms with Crippen molar-refractivity contribution in [2.75, 3.05) is 0 Å². The van der Waals surface area contributed by atoms with Crippen molar-refractivity contribution in [1.82, 2.24) is 15.5 Å². The minimum absolute atomic E-state index is 0.131. The predicted molar refractivity (Wildman–Crippen MR) is 75.4 cm³/mol. The number of hydrogen-bond donors (Lipinski definition) is 2. The first-order chi connectivity index (χ1) is 9.66. The molecule has 5 nitrogen and oxygen atoms in total. The highest BCUT2D eigenvalue weighted by atomic mass is 16.3. The van der Waals surface area contributed by atoms with Crippen molar-refractivity contribution in [2.45, 2.75) is 19.9 Å². The molecule has 0 aliphatic carbocycles. The number of rotatable bonds is 3. The Balaban J connectivity index is 1.87. The van der Waals surface area contributed by atoms with E-state index in [0.29, 0.717) is 5.76 Å². The van der Waals surface area contributed by atoms with Gasteiger partial charge in [-0.3, -0.25) is 9.89 Å². The van der Waals surface area contributed by atoms with E-state index in [1.807, 2.05) is 38.1 Å². The zero-order valence-corrected chi connectivity index (χ0v) is 11.3. The molecule has 5 heteroatoms. The molecule has 0 saturated carbocycles. The van der Waals surface area contributed by atoms with Gasteiger partial charge in [0.2, 0.25) is 0 Å². The number of para-hydroxylation sites is 1. The Morgan fingerprint density at radius 1 is 1.40 bits per heavy atom. The lowest BCUT2D eigenvalue weighted by Crippen LogP contribution is -2.26. The van der Waals surface area contributed by atoms with Crippen LogP contribution in [0, 0.1) is 6.92 Å². The summed E-state index contributed by atoms with van der Waals surface area (Å²) in [6.45, 7) is 3.80. The van der Waals surface area contributed by atoms with Crippen molar-refractivity contribution >= 4 is 16.9 Å². The summed E-state index contributed by atoms with van der Waals surface area (Å²) in [6.07, 6.45) is 3.45. The molecule has 0 aliphatic rings. The summed E-state index contributed by atoms with van der Waals surface area (Å²) >= 11 is 0. The summed E-state index contributed by atoms with van der Waals surface area (Å²) < 4.78 is 5.64. The molecule has 1 atom stereocenters. The van der Waals surface area contributed by atoms with Crippen LogP contribution >= 0.6 is 0 Å². The zero-order valence-electron chi connectivity index (χ0n) is 11.3. The summed E-state index contributed by atoms with van der Waals surface area (Å²) in [7, 11) is 0. The second-order valence-corrected chi connectivity index (χ2v) is 4.78. The third-order valence-electron chi connectivity index (χ3n) is 3.42. The molecule has 2 N–H and O–H groups in total. The number of nitrogens with zero attached hydrogens (tertiary/aromatic N) is 1. The van der Waals surface area contributed by atoms with Crippen molar-refractivity contribution in [3.8, 4) is 0 Å². The highest BCUT2D eigenvalue weighted by Gasteiger charge is 2.19. The Bertz CT molecular complexity index is 744. The van der Waals surface area contributed by atoms with E-state index in [-0.39, 0.29) is 11.9 Å². The maximum absolute atomic E-state index is 12.3. The monoisotopic (exact) mass is 269 g/mol. The molecule has 102 valence electrons. The van der Waals surface area contributed by atoms with Gasteiger partial charge in [0.15, 0.2) is 5.76 Å². The largest absolute Gasteiger partial charge is 0.451 e. The number of H-pyrrole nitrogens is 1. The van der Waals surface area contributed by atoms with Gasteiger partial charge in [0.1, 0.15) is 5.58 Å². The van der Waals surface area contributed by atoms with Crippen LogP contribution in [0.5, 0.6) is 0 Å². The number of benzene rings is 1. The normalized spacial score (nSPS) is 12.5. The molecule has 3 aromatic rings. The van der Waals surface area contributed by atoms with Crippen LogP contribution < -0.4 is 5.32 Å². The van der Waals surface area contributed by atoms with Crippen molar-refractivity contribution < 1.29 is 9.21 Å². The van der Waals surface area contributed by atoms with Crippen LogP contribution in [0.1, 0.15) is 34.6 Å². The van der Waals surface area contributed by atoms with Gasteiger partial charge in [-0.2, -0.15) is 5.10 Å². The zero-order chi connectivity index (χ0) is 14.1. The minimum atomic E-state index is -0.215. The fourth-order valence-corrected chi connectivity index (χ4v) is 2.23. The van der Waals surface area contributed by atoms with Gasteiger partial charge in [0.05, 0.1) is 12.2 Å². The summed E-state index contributed by atoms with van der Waals surface area (Å²) in [5.74, 6) is 0.147. The van der Waals surface area contributed by atoms with Crippen LogP contribution in [0.25, 0.3) is 11.0 Å². The van der Waals surface area contributed by atoms with E-state index in [4.69, 9.17) is 4.42 Å². The number of fused-ring (bicyclic) bond motifs is 1. The number of aryl methyl sites for hydroxylation is 1. The number of aromatic amines is 1. The van der Waals surface area contributed by atoms with Gasteiger partial charge in [-0.25, -0.2) is 0 Å². The van der Waals surface area contributed by atoms with Gasteiger partial charge in [-0.05, 0) is 19.9 Å². The number of carbonyl (C=O) groups is 1. The van der Waals surface area contributed by atoms with Gasteiger partial charge < -0.3 is 9.73 Å². The topological polar surface area (TPSA) is 70.9 Å². The molecule has 20 heavy (non-hydrogen) atoms. The Morgan fingerprint density at radius 3 is 2.90 bits per heavy atom. The summed E-state index contributed by atoms with van der Waals surface area (Å²) in [5, 5.41) is 10.5. The number of amides is 1. The fourth-order valence-electron chi connectivity index (χ4n) is 2.23. The fraction of sp³-hybridized carbons (Fsp3) is 0.200. The first-order valence-electron chi connectivity index (χ1n) is 6.44. The summed E-state index contributed by atoms with van der Waals surface area (Å²) in [4.78, 5) is 12.3. The van der Waals surface area contributed by atoms with Crippen LogP contribution in [0.3, 0.4) is 0 Å². The highest BCUT2D eigenvalue weighted by Crippen LogP contribution is 2.25. The Labute approximate surface area is 116 Å². The lowest BCUT2D eigenvalue weighted by molar-refractivity contribution is 0.0913. The van der Waals surface area contributed by atoms with Gasteiger partial charge >= 0.3 is 0 Å². The van der Waals surface area contributed by atoms with E-state index in [1.54, 1.807) is 12.4 Å². The lowest BCUT2D eigenvalue weighted by atomic mass is 10.1. The standard InChI is InChI=1S/C15H15N3O2/c1-9-12-5-3-4-6-13(12)20-14(9)15(19)18-10(2)11-7-16-17-8-11/h3-8,10H,1-2H3,(H,16,17)(H,18,19). The summed E-state index contributed by atoms with van der Waals surface area (Å²) in [5.41, 5.74) is 2.51. The average molecular weight is 269 g/mol. The highest BCUT2D eigenvalue weighted by molar-refractivity contribution is 5.99. The minimum Gasteiger partial charge on any atom is -0.451 e. The van der Waals surface area contributed by atoms with Crippen LogP contribution in [0.15, 0.2) is 41.1 Å². The first kappa shape index (κ1) is 12.5. The van der Waals surface area contributed by atoms with Gasteiger partial charge in [-0.15, -0.1) is 0 Å². The average Bonchev–Trinajstić information content (AvgIpc) is 3.07. The SMILES string of the molecule is Cc1c(C(=O)NC(C)c2cn[nH]c2)oc2ccccc12. The van der Waals surface area contributed by atoms with Crippen molar-refractivity contribution in [2.24, 2.45) is 0 Å². The van der Waals surface area contributed by atoms with Gasteiger partial charge in [0.25, 0.3) is 5.91 Å².